The number of ether oxygens (including phenoxy) is 1. The summed E-state index contributed by atoms with van der Waals surface area (Å²) in [5.74, 6) is 0.0493. The number of methoxy groups -OCH3 is 1. The smallest absolute Gasteiger partial charge is 0.233 e. The summed E-state index contributed by atoms with van der Waals surface area (Å²) >= 11 is 1.29. The number of thioether (sulfide) groups is 1. The molecule has 0 radical (unpaired) electrons. The van der Waals surface area contributed by atoms with Crippen LogP contribution >= 0.6 is 11.8 Å². The second kappa shape index (κ2) is 8.36. The standard InChI is InChI=1S/C17H25NO4S2/c1-4-9-24(20,21)16-8-6-5-7-15(16)23-12(2)17(19)18-13-10-14(11-13)22-3/h5-8,12-14H,4,9-11H2,1-3H3,(H,18,19). The van der Waals surface area contributed by atoms with Gasteiger partial charge in [0.25, 0.3) is 0 Å². The summed E-state index contributed by atoms with van der Waals surface area (Å²) in [5.41, 5.74) is 0. The molecule has 1 N–H and O–H groups in total. The highest BCUT2D eigenvalue weighted by Gasteiger charge is 2.31. The van der Waals surface area contributed by atoms with Crippen LogP contribution in [0.5, 0.6) is 0 Å². The van der Waals surface area contributed by atoms with Crippen molar-refractivity contribution >= 4 is 27.5 Å². The van der Waals surface area contributed by atoms with Crippen LogP contribution in [0.1, 0.15) is 33.1 Å². The van der Waals surface area contributed by atoms with Gasteiger partial charge in [0.2, 0.25) is 5.91 Å². The summed E-state index contributed by atoms with van der Waals surface area (Å²) in [6.45, 7) is 3.64. The lowest BCUT2D eigenvalue weighted by molar-refractivity contribution is -0.122. The molecule has 1 unspecified atom stereocenters. The largest absolute Gasteiger partial charge is 0.381 e. The highest BCUT2D eigenvalue weighted by molar-refractivity contribution is 8.01. The number of rotatable bonds is 8. The van der Waals surface area contributed by atoms with Crippen LogP contribution in [0.2, 0.25) is 0 Å². The van der Waals surface area contributed by atoms with Crippen molar-refractivity contribution in [1.29, 1.82) is 0 Å². The zero-order valence-corrected chi connectivity index (χ0v) is 16.0. The Morgan fingerprint density at radius 1 is 1.38 bits per heavy atom. The van der Waals surface area contributed by atoms with Crippen LogP contribution in [0.4, 0.5) is 0 Å². The molecule has 0 bridgehead atoms. The molecule has 134 valence electrons. The molecule has 0 heterocycles. The summed E-state index contributed by atoms with van der Waals surface area (Å²) < 4.78 is 30.0. The van der Waals surface area contributed by atoms with Crippen LogP contribution in [0.15, 0.2) is 34.1 Å². The number of benzene rings is 1. The van der Waals surface area contributed by atoms with Crippen molar-refractivity contribution in [1.82, 2.24) is 5.32 Å². The summed E-state index contributed by atoms with van der Waals surface area (Å²) in [6, 6.07) is 7.06. The van der Waals surface area contributed by atoms with Gasteiger partial charge in [-0.15, -0.1) is 11.8 Å². The third-order valence-electron chi connectivity index (χ3n) is 4.10. The van der Waals surface area contributed by atoms with Gasteiger partial charge in [-0.1, -0.05) is 19.1 Å². The number of carbonyl (C=O) groups excluding carboxylic acids is 1. The van der Waals surface area contributed by atoms with Gasteiger partial charge in [0.15, 0.2) is 9.84 Å². The molecule has 1 amide bonds. The number of carbonyl (C=O) groups is 1. The molecule has 1 atom stereocenters. The van der Waals surface area contributed by atoms with Gasteiger partial charge in [-0.25, -0.2) is 8.42 Å². The molecule has 5 nitrogen and oxygen atoms in total. The summed E-state index contributed by atoms with van der Waals surface area (Å²) in [6.07, 6.45) is 2.47. The lowest BCUT2D eigenvalue weighted by Crippen LogP contribution is -2.49. The monoisotopic (exact) mass is 371 g/mol. The first-order valence-corrected chi connectivity index (χ1v) is 10.7. The van der Waals surface area contributed by atoms with Crippen LogP contribution in [0, 0.1) is 0 Å². The van der Waals surface area contributed by atoms with Gasteiger partial charge in [0, 0.05) is 18.0 Å². The Morgan fingerprint density at radius 3 is 2.67 bits per heavy atom. The Balaban J connectivity index is 2.01. The SMILES string of the molecule is CCCS(=O)(=O)c1ccccc1SC(C)C(=O)NC1CC(OC)C1. The molecule has 24 heavy (non-hydrogen) atoms. The van der Waals surface area contributed by atoms with Gasteiger partial charge in [-0.05, 0) is 38.3 Å². The highest BCUT2D eigenvalue weighted by atomic mass is 32.2. The first kappa shape index (κ1) is 19.3. The lowest BCUT2D eigenvalue weighted by atomic mass is 9.89. The Kier molecular flexibility index (Phi) is 6.71. The zero-order chi connectivity index (χ0) is 17.7. The van der Waals surface area contributed by atoms with Crippen LogP contribution in [0.25, 0.3) is 0 Å². The summed E-state index contributed by atoms with van der Waals surface area (Å²) in [7, 11) is -1.63. The molecule has 1 aliphatic carbocycles. The molecule has 1 fully saturated rings. The van der Waals surface area contributed by atoms with Crippen molar-refractivity contribution < 1.29 is 17.9 Å². The predicted molar refractivity (Wildman–Crippen MR) is 96.1 cm³/mol. The first-order valence-electron chi connectivity index (χ1n) is 8.19. The van der Waals surface area contributed by atoms with E-state index in [4.69, 9.17) is 4.74 Å². The molecule has 1 saturated carbocycles. The number of hydrogen-bond acceptors (Lipinski definition) is 5. The van der Waals surface area contributed by atoms with Crippen molar-refractivity contribution in [2.45, 2.75) is 60.3 Å². The second-order valence-electron chi connectivity index (χ2n) is 6.06. The molecule has 1 aromatic carbocycles. The van der Waals surface area contributed by atoms with Crippen LogP contribution in [0.3, 0.4) is 0 Å². The Labute approximate surface area is 148 Å². The van der Waals surface area contributed by atoms with Gasteiger partial charge in [-0.2, -0.15) is 0 Å². The van der Waals surface area contributed by atoms with Crippen molar-refractivity contribution in [3.8, 4) is 0 Å². The van der Waals surface area contributed by atoms with E-state index in [1.54, 1.807) is 38.3 Å². The van der Waals surface area contributed by atoms with E-state index in [1.807, 2.05) is 6.92 Å². The normalized spacial score (nSPS) is 21.8. The summed E-state index contributed by atoms with van der Waals surface area (Å²) in [4.78, 5) is 13.3. The van der Waals surface area contributed by atoms with E-state index in [0.717, 1.165) is 12.8 Å². The molecule has 0 aromatic heterocycles. The molecule has 0 saturated heterocycles. The first-order chi connectivity index (χ1) is 11.4. The minimum Gasteiger partial charge on any atom is -0.381 e. The second-order valence-corrected chi connectivity index (χ2v) is 9.52. The molecule has 2 rings (SSSR count). The number of amides is 1. The minimum absolute atomic E-state index is 0.0674. The molecular formula is C17H25NO4S2. The minimum atomic E-state index is -3.31. The van der Waals surface area contributed by atoms with Crippen molar-refractivity contribution in [2.24, 2.45) is 0 Å². The average Bonchev–Trinajstić information content (AvgIpc) is 2.50. The Bertz CT molecular complexity index is 669. The van der Waals surface area contributed by atoms with Crippen LogP contribution in [-0.4, -0.2) is 44.6 Å². The van der Waals surface area contributed by atoms with Gasteiger partial charge >= 0.3 is 0 Å². The molecular weight excluding hydrogens is 346 g/mol. The fourth-order valence-electron chi connectivity index (χ4n) is 2.62. The molecule has 0 spiro atoms. The number of nitrogens with one attached hydrogen (secondary N) is 1. The van der Waals surface area contributed by atoms with E-state index >= 15 is 0 Å². The maximum Gasteiger partial charge on any atom is 0.233 e. The van der Waals surface area contributed by atoms with E-state index in [2.05, 4.69) is 5.32 Å². The fourth-order valence-corrected chi connectivity index (χ4v) is 5.46. The number of hydrogen-bond donors (Lipinski definition) is 1. The van der Waals surface area contributed by atoms with Gasteiger partial charge in [0.1, 0.15) is 0 Å². The Hall–Kier alpha value is -1.05. The Morgan fingerprint density at radius 2 is 2.04 bits per heavy atom. The number of sulfone groups is 1. The molecule has 1 aliphatic rings. The average molecular weight is 372 g/mol. The topological polar surface area (TPSA) is 72.5 Å². The van der Waals surface area contributed by atoms with Gasteiger partial charge < -0.3 is 10.1 Å². The fraction of sp³-hybridized carbons (Fsp3) is 0.588. The quantitative estimate of drug-likeness (QED) is 0.711. The maximum absolute atomic E-state index is 12.4. The van der Waals surface area contributed by atoms with E-state index in [0.29, 0.717) is 16.2 Å². The van der Waals surface area contributed by atoms with E-state index < -0.39 is 9.84 Å². The third-order valence-corrected chi connectivity index (χ3v) is 7.38. The highest BCUT2D eigenvalue weighted by Crippen LogP contribution is 2.31. The van der Waals surface area contributed by atoms with Gasteiger partial charge in [-0.3, -0.25) is 4.79 Å². The van der Waals surface area contributed by atoms with Crippen LogP contribution < -0.4 is 5.32 Å². The van der Waals surface area contributed by atoms with Crippen molar-refractivity contribution in [3.63, 3.8) is 0 Å². The van der Waals surface area contributed by atoms with E-state index in [1.165, 1.54) is 11.8 Å². The lowest BCUT2D eigenvalue weighted by Gasteiger charge is -2.35. The van der Waals surface area contributed by atoms with Gasteiger partial charge in [0.05, 0.1) is 22.0 Å². The molecule has 7 heteroatoms. The van der Waals surface area contributed by atoms with E-state index in [9.17, 15) is 13.2 Å². The maximum atomic E-state index is 12.4. The van der Waals surface area contributed by atoms with Crippen molar-refractivity contribution in [2.75, 3.05) is 12.9 Å². The van der Waals surface area contributed by atoms with E-state index in [-0.39, 0.29) is 29.1 Å². The predicted octanol–water partition coefficient (Wildman–Crippen LogP) is 2.64. The van der Waals surface area contributed by atoms with Crippen LogP contribution in [-0.2, 0) is 19.4 Å². The molecule has 1 aromatic rings. The third kappa shape index (κ3) is 4.74. The molecule has 0 aliphatic heterocycles. The summed E-state index contributed by atoms with van der Waals surface area (Å²) in [5, 5.41) is 2.64. The zero-order valence-electron chi connectivity index (χ0n) is 14.3. The van der Waals surface area contributed by atoms with Crippen molar-refractivity contribution in [3.05, 3.63) is 24.3 Å².